The fraction of sp³-hybridized carbons (Fsp3) is 0.733. The van der Waals surface area contributed by atoms with E-state index in [1.807, 2.05) is 13.0 Å². The van der Waals surface area contributed by atoms with Gasteiger partial charge in [0.05, 0.1) is 6.54 Å². The van der Waals surface area contributed by atoms with Crippen LogP contribution in [0, 0.1) is 12.8 Å². The van der Waals surface area contributed by atoms with Gasteiger partial charge in [-0.25, -0.2) is 9.97 Å². The van der Waals surface area contributed by atoms with Crippen molar-refractivity contribution >= 4 is 5.82 Å². The van der Waals surface area contributed by atoms with Crippen molar-refractivity contribution in [3.05, 3.63) is 17.6 Å². The highest BCUT2D eigenvalue weighted by molar-refractivity contribution is 5.29. The average Bonchev–Trinajstić information content (AvgIpc) is 2.79. The molecule has 0 atom stereocenters. The monoisotopic (exact) mass is 262 g/mol. The average molecular weight is 262 g/mol. The molecule has 1 aromatic heterocycles. The second kappa shape index (κ2) is 6.33. The van der Waals surface area contributed by atoms with E-state index in [1.54, 1.807) is 0 Å². The third-order valence-corrected chi connectivity index (χ3v) is 3.71. The lowest BCUT2D eigenvalue weighted by molar-refractivity contribution is 0.164. The van der Waals surface area contributed by atoms with Gasteiger partial charge in [-0.2, -0.15) is 0 Å². The molecular formula is C15H26N4. The Morgan fingerprint density at radius 3 is 2.58 bits per heavy atom. The molecule has 0 spiro atoms. The zero-order chi connectivity index (χ0) is 13.8. The maximum absolute atomic E-state index is 5.82. The van der Waals surface area contributed by atoms with E-state index in [-0.39, 0.29) is 0 Å². The van der Waals surface area contributed by atoms with Crippen LogP contribution in [0.15, 0.2) is 6.07 Å². The molecule has 0 bridgehead atoms. The molecule has 106 valence electrons. The standard InChI is InChI=1S/C15H26N4/c1-11(2)9-19(13-6-4-5-7-13)10-15-17-12(3)8-14(16)18-15/h8,11,13H,4-7,9-10H2,1-3H3,(H2,16,17,18). The van der Waals surface area contributed by atoms with E-state index in [9.17, 15) is 0 Å². The van der Waals surface area contributed by atoms with Crippen LogP contribution in [0.25, 0.3) is 0 Å². The molecule has 1 aromatic rings. The number of hydrogen-bond donors (Lipinski definition) is 1. The minimum Gasteiger partial charge on any atom is -0.384 e. The highest BCUT2D eigenvalue weighted by atomic mass is 15.2. The summed E-state index contributed by atoms with van der Waals surface area (Å²) in [5, 5.41) is 0. The molecule has 0 aromatic carbocycles. The van der Waals surface area contributed by atoms with Gasteiger partial charge in [0.15, 0.2) is 0 Å². The van der Waals surface area contributed by atoms with E-state index < -0.39 is 0 Å². The van der Waals surface area contributed by atoms with Gasteiger partial charge < -0.3 is 5.73 Å². The van der Waals surface area contributed by atoms with Gasteiger partial charge in [-0.3, -0.25) is 4.90 Å². The molecule has 0 saturated heterocycles. The van der Waals surface area contributed by atoms with Gasteiger partial charge in [0.25, 0.3) is 0 Å². The summed E-state index contributed by atoms with van der Waals surface area (Å²) in [6, 6.07) is 2.53. The molecule has 1 aliphatic carbocycles. The molecule has 1 fully saturated rings. The molecule has 1 heterocycles. The number of nitrogens with zero attached hydrogens (tertiary/aromatic N) is 3. The van der Waals surface area contributed by atoms with Crippen molar-refractivity contribution in [3.63, 3.8) is 0 Å². The zero-order valence-corrected chi connectivity index (χ0v) is 12.4. The van der Waals surface area contributed by atoms with Crippen LogP contribution in [0.4, 0.5) is 5.82 Å². The quantitative estimate of drug-likeness (QED) is 0.886. The molecule has 2 N–H and O–H groups in total. The number of anilines is 1. The van der Waals surface area contributed by atoms with Crippen LogP contribution in [0.3, 0.4) is 0 Å². The molecule has 1 saturated carbocycles. The number of aromatic nitrogens is 2. The Labute approximate surface area is 116 Å². The van der Waals surface area contributed by atoms with E-state index in [0.717, 1.165) is 24.6 Å². The van der Waals surface area contributed by atoms with E-state index in [4.69, 9.17) is 5.73 Å². The van der Waals surface area contributed by atoms with Gasteiger partial charge in [-0.1, -0.05) is 26.7 Å². The molecular weight excluding hydrogens is 236 g/mol. The van der Waals surface area contributed by atoms with Gasteiger partial charge in [-0.15, -0.1) is 0 Å². The SMILES string of the molecule is Cc1cc(N)nc(CN(CC(C)C)C2CCCC2)n1. The Morgan fingerprint density at radius 1 is 1.32 bits per heavy atom. The summed E-state index contributed by atoms with van der Waals surface area (Å²) in [5.74, 6) is 2.12. The summed E-state index contributed by atoms with van der Waals surface area (Å²) in [4.78, 5) is 11.4. The number of hydrogen-bond acceptors (Lipinski definition) is 4. The van der Waals surface area contributed by atoms with E-state index in [0.29, 0.717) is 17.8 Å². The summed E-state index contributed by atoms with van der Waals surface area (Å²) >= 11 is 0. The van der Waals surface area contributed by atoms with Gasteiger partial charge in [0, 0.05) is 24.3 Å². The van der Waals surface area contributed by atoms with E-state index >= 15 is 0 Å². The highest BCUT2D eigenvalue weighted by Crippen LogP contribution is 2.25. The fourth-order valence-electron chi connectivity index (χ4n) is 2.99. The normalized spacial score (nSPS) is 16.7. The molecule has 0 amide bonds. The molecule has 4 nitrogen and oxygen atoms in total. The first-order valence-electron chi connectivity index (χ1n) is 7.38. The highest BCUT2D eigenvalue weighted by Gasteiger charge is 2.24. The van der Waals surface area contributed by atoms with Gasteiger partial charge in [0.2, 0.25) is 0 Å². The summed E-state index contributed by atoms with van der Waals surface area (Å²) in [5.41, 5.74) is 6.78. The number of nitrogen functional groups attached to an aromatic ring is 1. The number of rotatable bonds is 5. The first-order valence-corrected chi connectivity index (χ1v) is 7.38. The first kappa shape index (κ1) is 14.3. The third-order valence-electron chi connectivity index (χ3n) is 3.71. The third kappa shape index (κ3) is 4.16. The smallest absolute Gasteiger partial charge is 0.144 e. The number of aryl methyl sites for hydroxylation is 1. The van der Waals surface area contributed by atoms with Crippen molar-refractivity contribution in [2.45, 2.75) is 59.0 Å². The van der Waals surface area contributed by atoms with Gasteiger partial charge in [-0.05, 0) is 25.7 Å². The van der Waals surface area contributed by atoms with Crippen molar-refractivity contribution in [2.24, 2.45) is 5.92 Å². The topological polar surface area (TPSA) is 55.0 Å². The Balaban J connectivity index is 2.09. The van der Waals surface area contributed by atoms with Crippen molar-refractivity contribution in [2.75, 3.05) is 12.3 Å². The van der Waals surface area contributed by atoms with Crippen LogP contribution in [-0.2, 0) is 6.54 Å². The summed E-state index contributed by atoms with van der Waals surface area (Å²) < 4.78 is 0. The second-order valence-corrected chi connectivity index (χ2v) is 6.11. The Bertz CT molecular complexity index is 390. The molecule has 1 aliphatic rings. The van der Waals surface area contributed by atoms with Crippen molar-refractivity contribution < 1.29 is 0 Å². The van der Waals surface area contributed by atoms with Crippen LogP contribution >= 0.6 is 0 Å². The lowest BCUT2D eigenvalue weighted by Crippen LogP contribution is -2.36. The molecule has 0 unspecified atom stereocenters. The number of nitrogens with two attached hydrogens (primary N) is 1. The molecule has 2 rings (SSSR count). The minimum absolute atomic E-state index is 0.582. The predicted molar refractivity (Wildman–Crippen MR) is 78.7 cm³/mol. The van der Waals surface area contributed by atoms with Gasteiger partial charge in [0.1, 0.15) is 11.6 Å². The van der Waals surface area contributed by atoms with Crippen LogP contribution in [-0.4, -0.2) is 27.5 Å². The Morgan fingerprint density at radius 2 is 2.00 bits per heavy atom. The van der Waals surface area contributed by atoms with Crippen LogP contribution in [0.5, 0.6) is 0 Å². The Kier molecular flexibility index (Phi) is 4.75. The summed E-state index contributed by atoms with van der Waals surface area (Å²) in [6.45, 7) is 8.46. The molecule has 0 aliphatic heterocycles. The fourth-order valence-corrected chi connectivity index (χ4v) is 2.99. The molecule has 0 radical (unpaired) electrons. The van der Waals surface area contributed by atoms with E-state index in [2.05, 4.69) is 28.7 Å². The van der Waals surface area contributed by atoms with Crippen molar-refractivity contribution in [1.82, 2.24) is 14.9 Å². The van der Waals surface area contributed by atoms with Crippen LogP contribution < -0.4 is 5.73 Å². The lowest BCUT2D eigenvalue weighted by atomic mass is 10.1. The predicted octanol–water partition coefficient (Wildman–Crippen LogP) is 2.77. The largest absolute Gasteiger partial charge is 0.384 e. The second-order valence-electron chi connectivity index (χ2n) is 6.11. The maximum atomic E-state index is 5.82. The molecule has 4 heteroatoms. The Hall–Kier alpha value is -1.16. The minimum atomic E-state index is 0.582. The van der Waals surface area contributed by atoms with E-state index in [1.165, 1.54) is 25.7 Å². The van der Waals surface area contributed by atoms with Crippen molar-refractivity contribution in [3.8, 4) is 0 Å². The first-order chi connectivity index (χ1) is 9.04. The van der Waals surface area contributed by atoms with Crippen molar-refractivity contribution in [1.29, 1.82) is 0 Å². The zero-order valence-electron chi connectivity index (χ0n) is 12.4. The maximum Gasteiger partial charge on any atom is 0.144 e. The van der Waals surface area contributed by atoms with Crippen LogP contribution in [0.2, 0.25) is 0 Å². The summed E-state index contributed by atoms with van der Waals surface area (Å²) in [7, 11) is 0. The van der Waals surface area contributed by atoms with Crippen LogP contribution in [0.1, 0.15) is 51.0 Å². The van der Waals surface area contributed by atoms with Gasteiger partial charge >= 0.3 is 0 Å². The molecule has 19 heavy (non-hydrogen) atoms. The summed E-state index contributed by atoms with van der Waals surface area (Å²) in [6.07, 6.45) is 5.34. The lowest BCUT2D eigenvalue weighted by Gasteiger charge is -2.29.